The number of amides is 1. The van der Waals surface area contributed by atoms with Crippen molar-refractivity contribution < 1.29 is 9.72 Å². The SMILES string of the molecule is CC(C)CNC(=O)c1cc([N+](=O)[O-])ccc1Cl. The van der Waals surface area contributed by atoms with Gasteiger partial charge in [0.05, 0.1) is 15.5 Å². The predicted octanol–water partition coefficient (Wildman–Crippen LogP) is 2.63. The van der Waals surface area contributed by atoms with Crippen LogP contribution in [-0.4, -0.2) is 17.4 Å². The minimum Gasteiger partial charge on any atom is -0.352 e. The van der Waals surface area contributed by atoms with E-state index in [1.54, 1.807) is 0 Å². The standard InChI is InChI=1S/C11H13ClN2O3/c1-7(2)6-13-11(15)9-5-8(14(16)17)3-4-10(9)12/h3-5,7H,6H2,1-2H3,(H,13,15). The topological polar surface area (TPSA) is 72.2 Å². The van der Waals surface area contributed by atoms with Gasteiger partial charge in [0.2, 0.25) is 0 Å². The summed E-state index contributed by atoms with van der Waals surface area (Å²) >= 11 is 5.83. The average molecular weight is 257 g/mol. The van der Waals surface area contributed by atoms with Gasteiger partial charge in [-0.2, -0.15) is 0 Å². The first kappa shape index (κ1) is 13.4. The molecule has 0 saturated carbocycles. The second-order valence-corrected chi connectivity index (χ2v) is 4.43. The molecule has 0 heterocycles. The second kappa shape index (κ2) is 5.63. The Morgan fingerprint density at radius 1 is 1.53 bits per heavy atom. The average Bonchev–Trinajstić information content (AvgIpc) is 2.26. The van der Waals surface area contributed by atoms with Crippen LogP contribution >= 0.6 is 11.6 Å². The molecule has 0 spiro atoms. The predicted molar refractivity (Wildman–Crippen MR) is 65.3 cm³/mol. The first-order valence-corrected chi connectivity index (χ1v) is 5.51. The highest BCUT2D eigenvalue weighted by Crippen LogP contribution is 2.21. The molecule has 92 valence electrons. The van der Waals surface area contributed by atoms with Crippen LogP contribution < -0.4 is 5.32 Å². The highest BCUT2D eigenvalue weighted by atomic mass is 35.5. The number of carbonyl (C=O) groups excluding carboxylic acids is 1. The molecule has 6 heteroatoms. The van der Waals surface area contributed by atoms with E-state index in [0.29, 0.717) is 12.5 Å². The smallest absolute Gasteiger partial charge is 0.270 e. The van der Waals surface area contributed by atoms with Crippen molar-refractivity contribution in [3.05, 3.63) is 38.9 Å². The van der Waals surface area contributed by atoms with Crippen molar-refractivity contribution in [3.63, 3.8) is 0 Å². The van der Waals surface area contributed by atoms with E-state index in [-0.39, 0.29) is 16.3 Å². The third-order valence-electron chi connectivity index (χ3n) is 2.08. The quantitative estimate of drug-likeness (QED) is 0.665. The van der Waals surface area contributed by atoms with Crippen molar-refractivity contribution in [1.29, 1.82) is 0 Å². The molecule has 0 aromatic heterocycles. The Bertz CT molecular complexity index is 446. The summed E-state index contributed by atoms with van der Waals surface area (Å²) in [5, 5.41) is 13.4. The van der Waals surface area contributed by atoms with Gasteiger partial charge in [0.1, 0.15) is 0 Å². The van der Waals surface area contributed by atoms with Crippen LogP contribution in [0.2, 0.25) is 5.02 Å². The second-order valence-electron chi connectivity index (χ2n) is 4.03. The molecule has 1 N–H and O–H groups in total. The Labute approximate surface area is 104 Å². The largest absolute Gasteiger partial charge is 0.352 e. The number of halogens is 1. The zero-order valence-corrected chi connectivity index (χ0v) is 10.3. The molecule has 1 amide bonds. The fraction of sp³-hybridized carbons (Fsp3) is 0.364. The van der Waals surface area contributed by atoms with Crippen molar-refractivity contribution in [2.45, 2.75) is 13.8 Å². The lowest BCUT2D eigenvalue weighted by atomic mass is 10.1. The molecular weight excluding hydrogens is 244 g/mol. The molecule has 0 fully saturated rings. The van der Waals surface area contributed by atoms with Crippen LogP contribution in [0.1, 0.15) is 24.2 Å². The summed E-state index contributed by atoms with van der Waals surface area (Å²) in [4.78, 5) is 21.8. The maximum Gasteiger partial charge on any atom is 0.270 e. The van der Waals surface area contributed by atoms with Gasteiger partial charge in [-0.25, -0.2) is 0 Å². The minimum atomic E-state index is -0.560. The summed E-state index contributed by atoms with van der Waals surface area (Å²) in [5.41, 5.74) is -0.0226. The minimum absolute atomic E-state index is 0.126. The van der Waals surface area contributed by atoms with Gasteiger partial charge < -0.3 is 5.32 Å². The monoisotopic (exact) mass is 256 g/mol. The third kappa shape index (κ3) is 3.71. The van der Waals surface area contributed by atoms with Gasteiger partial charge in [-0.3, -0.25) is 14.9 Å². The zero-order chi connectivity index (χ0) is 13.0. The Morgan fingerprint density at radius 3 is 2.71 bits per heavy atom. The van der Waals surface area contributed by atoms with Crippen molar-refractivity contribution in [2.24, 2.45) is 5.92 Å². The Kier molecular flexibility index (Phi) is 4.45. The number of nitrogens with zero attached hydrogens (tertiary/aromatic N) is 1. The van der Waals surface area contributed by atoms with Crippen LogP contribution in [0.25, 0.3) is 0 Å². The number of non-ortho nitro benzene ring substituents is 1. The molecule has 0 radical (unpaired) electrons. The van der Waals surface area contributed by atoms with Crippen molar-refractivity contribution in [1.82, 2.24) is 5.32 Å². The highest BCUT2D eigenvalue weighted by Gasteiger charge is 2.15. The summed E-state index contributed by atoms with van der Waals surface area (Å²) in [6, 6.07) is 3.80. The molecule has 0 atom stereocenters. The number of rotatable bonds is 4. The molecule has 0 aliphatic heterocycles. The van der Waals surface area contributed by atoms with Gasteiger partial charge in [-0.15, -0.1) is 0 Å². The number of hydrogen-bond acceptors (Lipinski definition) is 3. The molecule has 0 unspecified atom stereocenters. The maximum atomic E-state index is 11.7. The van der Waals surface area contributed by atoms with Crippen LogP contribution in [0, 0.1) is 16.0 Å². The number of nitrogens with one attached hydrogen (secondary N) is 1. The van der Waals surface area contributed by atoms with E-state index in [1.165, 1.54) is 18.2 Å². The van der Waals surface area contributed by atoms with E-state index in [0.717, 1.165) is 0 Å². The maximum absolute atomic E-state index is 11.7. The first-order valence-electron chi connectivity index (χ1n) is 5.14. The van der Waals surface area contributed by atoms with Crippen LogP contribution in [-0.2, 0) is 0 Å². The van der Waals surface area contributed by atoms with Crippen LogP contribution in [0.4, 0.5) is 5.69 Å². The fourth-order valence-electron chi connectivity index (χ4n) is 1.19. The van der Waals surface area contributed by atoms with E-state index in [1.807, 2.05) is 13.8 Å². The lowest BCUT2D eigenvalue weighted by Gasteiger charge is -2.08. The van der Waals surface area contributed by atoms with E-state index in [4.69, 9.17) is 11.6 Å². The van der Waals surface area contributed by atoms with Gasteiger partial charge in [0.15, 0.2) is 0 Å². The zero-order valence-electron chi connectivity index (χ0n) is 9.57. The molecule has 0 bridgehead atoms. The summed E-state index contributed by atoms with van der Waals surface area (Å²) in [7, 11) is 0. The Hall–Kier alpha value is -1.62. The van der Waals surface area contributed by atoms with E-state index in [9.17, 15) is 14.9 Å². The summed E-state index contributed by atoms with van der Waals surface area (Å²) < 4.78 is 0. The van der Waals surface area contributed by atoms with Crippen LogP contribution in [0.5, 0.6) is 0 Å². The van der Waals surface area contributed by atoms with Gasteiger partial charge in [0.25, 0.3) is 11.6 Å². The van der Waals surface area contributed by atoms with E-state index < -0.39 is 10.8 Å². The molecule has 0 aliphatic carbocycles. The lowest BCUT2D eigenvalue weighted by molar-refractivity contribution is -0.384. The van der Waals surface area contributed by atoms with Gasteiger partial charge in [-0.1, -0.05) is 25.4 Å². The summed E-state index contributed by atoms with van der Waals surface area (Å²) in [6.07, 6.45) is 0. The molecule has 5 nitrogen and oxygen atoms in total. The lowest BCUT2D eigenvalue weighted by Crippen LogP contribution is -2.27. The van der Waals surface area contributed by atoms with E-state index in [2.05, 4.69) is 5.32 Å². The normalized spacial score (nSPS) is 10.4. The molecule has 17 heavy (non-hydrogen) atoms. The molecule has 0 saturated heterocycles. The van der Waals surface area contributed by atoms with Crippen LogP contribution in [0.3, 0.4) is 0 Å². The summed E-state index contributed by atoms with van der Waals surface area (Å²) in [5.74, 6) is -0.0937. The number of nitro groups is 1. The van der Waals surface area contributed by atoms with Gasteiger partial charge in [0, 0.05) is 18.7 Å². The molecule has 1 aromatic carbocycles. The first-order chi connectivity index (χ1) is 7.91. The number of nitro benzene ring substituents is 1. The number of carbonyl (C=O) groups is 1. The third-order valence-corrected chi connectivity index (χ3v) is 2.41. The van der Waals surface area contributed by atoms with Gasteiger partial charge >= 0.3 is 0 Å². The number of hydrogen-bond donors (Lipinski definition) is 1. The van der Waals surface area contributed by atoms with Gasteiger partial charge in [-0.05, 0) is 12.0 Å². The fourth-order valence-corrected chi connectivity index (χ4v) is 1.40. The summed E-state index contributed by atoms with van der Waals surface area (Å²) in [6.45, 7) is 4.41. The molecule has 0 aliphatic rings. The van der Waals surface area contributed by atoms with Crippen molar-refractivity contribution in [3.8, 4) is 0 Å². The number of benzene rings is 1. The molecule has 1 rings (SSSR count). The molecular formula is C11H13ClN2O3. The van der Waals surface area contributed by atoms with Crippen LogP contribution in [0.15, 0.2) is 18.2 Å². The Morgan fingerprint density at radius 2 is 2.18 bits per heavy atom. The van der Waals surface area contributed by atoms with Crippen molar-refractivity contribution in [2.75, 3.05) is 6.54 Å². The van der Waals surface area contributed by atoms with E-state index >= 15 is 0 Å². The van der Waals surface area contributed by atoms with Crippen molar-refractivity contribution >= 4 is 23.2 Å². The Balaban J connectivity index is 2.92. The molecule has 1 aromatic rings. The highest BCUT2D eigenvalue weighted by molar-refractivity contribution is 6.33.